The topological polar surface area (TPSA) is 26.3 Å². The Kier molecular flexibility index (Phi) is 3.05. The standard InChI is InChI=1S/C18H21FO2/c1-21-15-4-2-3-14(17(15)19)18(20)16-12-6-10-5-11(8-12)9-13(16)7-10/h2-4,10-13,16H,5-9H2,1H3. The Morgan fingerprint density at radius 1 is 1.10 bits per heavy atom. The van der Waals surface area contributed by atoms with Crippen LogP contribution in [0.4, 0.5) is 4.39 Å². The van der Waals surface area contributed by atoms with Crippen molar-refractivity contribution in [3.05, 3.63) is 29.6 Å². The van der Waals surface area contributed by atoms with E-state index in [4.69, 9.17) is 4.74 Å². The Bertz CT molecular complexity index is 553. The SMILES string of the molecule is COc1cccc(C(=O)C2C3CC4CC(C3)CC2C4)c1F. The summed E-state index contributed by atoms with van der Waals surface area (Å²) in [5.74, 6) is 2.36. The fraction of sp³-hybridized carbons (Fsp3) is 0.611. The molecule has 0 atom stereocenters. The molecule has 4 aliphatic carbocycles. The van der Waals surface area contributed by atoms with Gasteiger partial charge in [-0.15, -0.1) is 0 Å². The summed E-state index contributed by atoms with van der Waals surface area (Å²) in [7, 11) is 1.44. The number of benzene rings is 1. The van der Waals surface area contributed by atoms with Gasteiger partial charge in [-0.2, -0.15) is 0 Å². The van der Waals surface area contributed by atoms with Crippen LogP contribution in [0.2, 0.25) is 0 Å². The molecule has 0 saturated heterocycles. The Labute approximate surface area is 124 Å². The number of ketones is 1. The van der Waals surface area contributed by atoms with E-state index < -0.39 is 5.82 Å². The lowest BCUT2D eigenvalue weighted by molar-refractivity contribution is -0.0252. The number of carbonyl (C=O) groups is 1. The monoisotopic (exact) mass is 288 g/mol. The maximum absolute atomic E-state index is 14.4. The molecule has 0 spiro atoms. The average Bonchev–Trinajstić information content (AvgIpc) is 2.46. The van der Waals surface area contributed by atoms with Crippen LogP contribution in [0.15, 0.2) is 18.2 Å². The van der Waals surface area contributed by atoms with Gasteiger partial charge in [-0.05, 0) is 67.9 Å². The molecule has 3 heteroatoms. The minimum absolute atomic E-state index is 0.0141. The van der Waals surface area contributed by atoms with Crippen LogP contribution in [0.3, 0.4) is 0 Å². The Morgan fingerprint density at radius 3 is 2.29 bits per heavy atom. The Morgan fingerprint density at radius 2 is 1.71 bits per heavy atom. The second-order valence-electron chi connectivity index (χ2n) is 7.14. The summed E-state index contributed by atoms with van der Waals surface area (Å²) in [5, 5.41) is 0. The largest absolute Gasteiger partial charge is 0.494 e. The molecule has 4 fully saturated rings. The molecule has 112 valence electrons. The molecule has 4 bridgehead atoms. The van der Waals surface area contributed by atoms with Gasteiger partial charge in [0.2, 0.25) is 0 Å². The van der Waals surface area contributed by atoms with Gasteiger partial charge < -0.3 is 4.74 Å². The van der Waals surface area contributed by atoms with Gasteiger partial charge in [-0.1, -0.05) is 6.07 Å². The second kappa shape index (κ2) is 4.82. The van der Waals surface area contributed by atoms with Crippen molar-refractivity contribution < 1.29 is 13.9 Å². The lowest BCUT2D eigenvalue weighted by Gasteiger charge is -2.53. The zero-order chi connectivity index (χ0) is 14.6. The number of Topliss-reactive ketones (excluding diaryl/α,β-unsaturated/α-hetero) is 1. The van der Waals surface area contributed by atoms with Crippen molar-refractivity contribution in [2.45, 2.75) is 32.1 Å². The first-order chi connectivity index (χ1) is 10.2. The van der Waals surface area contributed by atoms with Gasteiger partial charge in [-0.3, -0.25) is 4.79 Å². The van der Waals surface area contributed by atoms with Gasteiger partial charge in [0, 0.05) is 5.92 Å². The number of hydrogen-bond donors (Lipinski definition) is 0. The van der Waals surface area contributed by atoms with Crippen molar-refractivity contribution in [3.63, 3.8) is 0 Å². The van der Waals surface area contributed by atoms with Crippen molar-refractivity contribution in [1.82, 2.24) is 0 Å². The lowest BCUT2D eigenvalue weighted by atomic mass is 9.51. The molecule has 21 heavy (non-hydrogen) atoms. The van der Waals surface area contributed by atoms with Crippen LogP contribution in [0.25, 0.3) is 0 Å². The quantitative estimate of drug-likeness (QED) is 0.783. The van der Waals surface area contributed by atoms with Crippen LogP contribution in [0.5, 0.6) is 5.75 Å². The minimum atomic E-state index is -0.487. The molecule has 2 nitrogen and oxygen atoms in total. The molecule has 0 aromatic heterocycles. The van der Waals surface area contributed by atoms with E-state index >= 15 is 0 Å². The van der Waals surface area contributed by atoms with Crippen molar-refractivity contribution in [3.8, 4) is 5.75 Å². The summed E-state index contributed by atoms with van der Waals surface area (Å²) >= 11 is 0. The van der Waals surface area contributed by atoms with E-state index in [1.54, 1.807) is 18.2 Å². The molecule has 0 aliphatic heterocycles. The maximum atomic E-state index is 14.4. The second-order valence-corrected chi connectivity index (χ2v) is 7.14. The number of carbonyl (C=O) groups excluding carboxylic acids is 1. The highest BCUT2D eigenvalue weighted by atomic mass is 19.1. The number of hydrogen-bond acceptors (Lipinski definition) is 2. The van der Waals surface area contributed by atoms with E-state index in [1.807, 2.05) is 0 Å². The number of methoxy groups -OCH3 is 1. The molecule has 5 rings (SSSR count). The highest BCUT2D eigenvalue weighted by molar-refractivity contribution is 5.99. The molecule has 0 unspecified atom stereocenters. The molecule has 4 aliphatic rings. The Balaban J connectivity index is 1.66. The van der Waals surface area contributed by atoms with Crippen molar-refractivity contribution in [2.75, 3.05) is 7.11 Å². The Hall–Kier alpha value is -1.38. The third-order valence-corrected chi connectivity index (χ3v) is 5.98. The van der Waals surface area contributed by atoms with Crippen molar-refractivity contribution in [2.24, 2.45) is 29.6 Å². The number of halogens is 1. The van der Waals surface area contributed by atoms with E-state index in [0.29, 0.717) is 11.8 Å². The van der Waals surface area contributed by atoms with Crippen molar-refractivity contribution in [1.29, 1.82) is 0 Å². The van der Waals surface area contributed by atoms with Crippen LogP contribution < -0.4 is 4.74 Å². The van der Waals surface area contributed by atoms with E-state index in [1.165, 1.54) is 39.2 Å². The van der Waals surface area contributed by atoms with Gasteiger partial charge in [0.15, 0.2) is 17.3 Å². The molecular formula is C18H21FO2. The van der Waals surface area contributed by atoms with Crippen molar-refractivity contribution >= 4 is 5.78 Å². The summed E-state index contributed by atoms with van der Waals surface area (Å²) in [4.78, 5) is 12.9. The summed E-state index contributed by atoms with van der Waals surface area (Å²) < 4.78 is 19.4. The summed E-state index contributed by atoms with van der Waals surface area (Å²) in [6.45, 7) is 0. The van der Waals surface area contributed by atoms with Crippen LogP contribution in [-0.2, 0) is 0 Å². The predicted octanol–water partition coefficient (Wildman–Crippen LogP) is 4.09. The van der Waals surface area contributed by atoms with Gasteiger partial charge in [-0.25, -0.2) is 4.39 Å². The molecule has 0 amide bonds. The fourth-order valence-corrected chi connectivity index (χ4v) is 5.39. The fourth-order valence-electron chi connectivity index (χ4n) is 5.39. The van der Waals surface area contributed by atoms with E-state index in [9.17, 15) is 9.18 Å². The van der Waals surface area contributed by atoms with Gasteiger partial charge in [0.05, 0.1) is 12.7 Å². The first kappa shape index (κ1) is 13.3. The maximum Gasteiger partial charge on any atom is 0.175 e. The van der Waals surface area contributed by atoms with Crippen LogP contribution >= 0.6 is 0 Å². The van der Waals surface area contributed by atoms with E-state index in [0.717, 1.165) is 11.8 Å². The summed E-state index contributed by atoms with van der Waals surface area (Å²) in [6, 6.07) is 4.90. The highest BCUT2D eigenvalue weighted by Crippen LogP contribution is 2.57. The normalized spacial score (nSPS) is 36.8. The molecule has 4 saturated carbocycles. The molecule has 0 radical (unpaired) electrons. The number of rotatable bonds is 3. The molecule has 1 aromatic carbocycles. The van der Waals surface area contributed by atoms with E-state index in [-0.39, 0.29) is 23.0 Å². The van der Waals surface area contributed by atoms with Gasteiger partial charge >= 0.3 is 0 Å². The molecule has 1 aromatic rings. The van der Waals surface area contributed by atoms with Gasteiger partial charge in [0.25, 0.3) is 0 Å². The summed E-state index contributed by atoms with van der Waals surface area (Å²) in [6.07, 6.45) is 6.06. The van der Waals surface area contributed by atoms with Gasteiger partial charge in [0.1, 0.15) is 0 Å². The molecule has 0 N–H and O–H groups in total. The highest BCUT2D eigenvalue weighted by Gasteiger charge is 2.51. The number of ether oxygens (including phenoxy) is 1. The van der Waals surface area contributed by atoms with Crippen LogP contribution in [-0.4, -0.2) is 12.9 Å². The first-order valence-corrected chi connectivity index (χ1v) is 8.04. The third kappa shape index (κ3) is 2.01. The zero-order valence-corrected chi connectivity index (χ0v) is 12.3. The lowest BCUT2D eigenvalue weighted by Crippen LogP contribution is -2.48. The minimum Gasteiger partial charge on any atom is -0.494 e. The molecular weight excluding hydrogens is 267 g/mol. The van der Waals surface area contributed by atoms with Crippen LogP contribution in [0.1, 0.15) is 42.5 Å². The third-order valence-electron chi connectivity index (χ3n) is 5.98. The average molecular weight is 288 g/mol. The summed E-state index contributed by atoms with van der Waals surface area (Å²) in [5.41, 5.74) is 0.229. The molecule has 0 heterocycles. The zero-order valence-electron chi connectivity index (χ0n) is 12.3. The smallest absolute Gasteiger partial charge is 0.175 e. The first-order valence-electron chi connectivity index (χ1n) is 8.04. The van der Waals surface area contributed by atoms with E-state index in [2.05, 4.69) is 0 Å². The van der Waals surface area contributed by atoms with Crippen LogP contribution in [0, 0.1) is 35.4 Å². The predicted molar refractivity (Wildman–Crippen MR) is 77.8 cm³/mol.